The van der Waals surface area contributed by atoms with E-state index in [2.05, 4.69) is 15.5 Å². The molecule has 0 aliphatic heterocycles. The summed E-state index contributed by atoms with van der Waals surface area (Å²) in [6.07, 6.45) is 0.0399. The third-order valence-corrected chi connectivity index (χ3v) is 3.16. The van der Waals surface area contributed by atoms with Crippen molar-refractivity contribution in [2.45, 2.75) is 52.7 Å². The topological polar surface area (TPSA) is 60.2 Å². The molecule has 6 heteroatoms. The molecule has 0 saturated carbocycles. The molecule has 0 aliphatic carbocycles. The van der Waals surface area contributed by atoms with Crippen molar-refractivity contribution in [3.63, 3.8) is 0 Å². The number of nitrogens with one attached hydrogen (secondary N) is 1. The van der Waals surface area contributed by atoms with E-state index in [4.69, 9.17) is 20.9 Å². The van der Waals surface area contributed by atoms with Crippen molar-refractivity contribution in [2.24, 2.45) is 0 Å². The Kier molecular flexibility index (Phi) is 4.96. The molecular weight excluding hydrogens is 302 g/mol. The SMILES string of the molecule is CC(C)Oc1c(Cl)cccc1NCc1noc(C(C)(C)C)n1. The first-order chi connectivity index (χ1) is 10.3. The Morgan fingerprint density at radius 1 is 1.32 bits per heavy atom. The molecule has 1 aromatic heterocycles. The smallest absolute Gasteiger partial charge is 0.232 e. The summed E-state index contributed by atoms with van der Waals surface area (Å²) in [5, 5.41) is 7.81. The van der Waals surface area contributed by atoms with Gasteiger partial charge in [0, 0.05) is 5.41 Å². The van der Waals surface area contributed by atoms with Gasteiger partial charge >= 0.3 is 0 Å². The second-order valence-corrected chi connectivity index (χ2v) is 6.81. The van der Waals surface area contributed by atoms with Gasteiger partial charge in [-0.15, -0.1) is 0 Å². The van der Waals surface area contributed by atoms with Crippen LogP contribution >= 0.6 is 11.6 Å². The number of ether oxygens (including phenoxy) is 1. The first kappa shape index (κ1) is 16.6. The minimum atomic E-state index is -0.160. The van der Waals surface area contributed by atoms with Crippen molar-refractivity contribution in [3.05, 3.63) is 34.9 Å². The van der Waals surface area contributed by atoms with Crippen LogP contribution in [0.5, 0.6) is 5.75 Å². The van der Waals surface area contributed by atoms with E-state index in [0.29, 0.717) is 29.0 Å². The molecule has 0 amide bonds. The molecule has 1 N–H and O–H groups in total. The lowest BCUT2D eigenvalue weighted by Gasteiger charge is -2.16. The Hall–Kier alpha value is -1.75. The van der Waals surface area contributed by atoms with E-state index in [9.17, 15) is 0 Å². The van der Waals surface area contributed by atoms with Gasteiger partial charge in [-0.05, 0) is 26.0 Å². The molecular formula is C16H22ClN3O2. The molecule has 22 heavy (non-hydrogen) atoms. The lowest BCUT2D eigenvalue weighted by molar-refractivity contribution is 0.244. The molecule has 0 spiro atoms. The van der Waals surface area contributed by atoms with Crippen LogP contribution in [0.25, 0.3) is 0 Å². The molecule has 0 bridgehead atoms. The summed E-state index contributed by atoms with van der Waals surface area (Å²) in [5.74, 6) is 1.85. The number of aromatic nitrogens is 2. The Labute approximate surface area is 136 Å². The fourth-order valence-corrected chi connectivity index (χ4v) is 2.03. The minimum Gasteiger partial charge on any atom is -0.487 e. The maximum absolute atomic E-state index is 6.20. The van der Waals surface area contributed by atoms with Crippen molar-refractivity contribution in [1.29, 1.82) is 0 Å². The number of hydrogen-bond acceptors (Lipinski definition) is 5. The maximum Gasteiger partial charge on any atom is 0.232 e. The Morgan fingerprint density at radius 3 is 2.64 bits per heavy atom. The monoisotopic (exact) mass is 323 g/mol. The average Bonchev–Trinajstić information content (AvgIpc) is 2.88. The van der Waals surface area contributed by atoms with Gasteiger partial charge in [-0.3, -0.25) is 0 Å². The number of rotatable bonds is 5. The molecule has 2 rings (SSSR count). The van der Waals surface area contributed by atoms with Crippen molar-refractivity contribution in [2.75, 3.05) is 5.32 Å². The van der Waals surface area contributed by atoms with Gasteiger partial charge in [0.15, 0.2) is 11.6 Å². The lowest BCUT2D eigenvalue weighted by Crippen LogP contribution is -2.12. The van der Waals surface area contributed by atoms with Crippen LogP contribution in [0.3, 0.4) is 0 Å². The fraction of sp³-hybridized carbons (Fsp3) is 0.500. The van der Waals surface area contributed by atoms with Gasteiger partial charge < -0.3 is 14.6 Å². The van der Waals surface area contributed by atoms with E-state index in [0.717, 1.165) is 5.69 Å². The number of hydrogen-bond donors (Lipinski definition) is 1. The normalized spacial score (nSPS) is 11.8. The molecule has 0 atom stereocenters. The molecule has 1 aromatic carbocycles. The maximum atomic E-state index is 6.20. The van der Waals surface area contributed by atoms with Crippen LogP contribution in [0, 0.1) is 0 Å². The zero-order valence-electron chi connectivity index (χ0n) is 13.6. The van der Waals surface area contributed by atoms with Gasteiger partial charge in [0.2, 0.25) is 5.89 Å². The second-order valence-electron chi connectivity index (χ2n) is 6.40. The number of benzene rings is 1. The number of anilines is 1. The molecule has 120 valence electrons. The van der Waals surface area contributed by atoms with Gasteiger partial charge in [-0.2, -0.15) is 4.98 Å². The van der Waals surface area contributed by atoms with Crippen molar-refractivity contribution in [3.8, 4) is 5.75 Å². The molecule has 0 fully saturated rings. The predicted octanol–water partition coefficient (Wildman–Crippen LogP) is 4.42. The zero-order valence-corrected chi connectivity index (χ0v) is 14.4. The zero-order chi connectivity index (χ0) is 16.3. The summed E-state index contributed by atoms with van der Waals surface area (Å²) >= 11 is 6.20. The molecule has 0 aliphatic rings. The summed E-state index contributed by atoms with van der Waals surface area (Å²) in [6, 6.07) is 5.58. The van der Waals surface area contributed by atoms with Crippen LogP contribution < -0.4 is 10.1 Å². The summed E-state index contributed by atoms with van der Waals surface area (Å²) in [7, 11) is 0. The Bertz CT molecular complexity index is 633. The van der Waals surface area contributed by atoms with E-state index < -0.39 is 0 Å². The third-order valence-electron chi connectivity index (χ3n) is 2.87. The Morgan fingerprint density at radius 2 is 2.05 bits per heavy atom. The van der Waals surface area contributed by atoms with Crippen LogP contribution in [-0.4, -0.2) is 16.2 Å². The van der Waals surface area contributed by atoms with Crippen LogP contribution in [-0.2, 0) is 12.0 Å². The van der Waals surface area contributed by atoms with Gasteiger partial charge in [0.25, 0.3) is 0 Å². The van der Waals surface area contributed by atoms with Crippen molar-refractivity contribution < 1.29 is 9.26 Å². The third kappa shape index (κ3) is 4.13. The van der Waals surface area contributed by atoms with Gasteiger partial charge in [-0.25, -0.2) is 0 Å². The summed E-state index contributed by atoms with van der Waals surface area (Å²) in [5.41, 5.74) is 0.649. The van der Waals surface area contributed by atoms with E-state index in [1.54, 1.807) is 6.07 Å². The summed E-state index contributed by atoms with van der Waals surface area (Å²) in [4.78, 5) is 4.40. The van der Waals surface area contributed by atoms with Gasteiger partial charge in [-0.1, -0.05) is 43.6 Å². The Balaban J connectivity index is 2.11. The number of nitrogens with zero attached hydrogens (tertiary/aromatic N) is 2. The van der Waals surface area contributed by atoms with Crippen molar-refractivity contribution in [1.82, 2.24) is 10.1 Å². The van der Waals surface area contributed by atoms with E-state index >= 15 is 0 Å². The summed E-state index contributed by atoms with van der Waals surface area (Å²) < 4.78 is 11.0. The van der Waals surface area contributed by atoms with Crippen molar-refractivity contribution >= 4 is 17.3 Å². The van der Waals surface area contributed by atoms with E-state index in [1.807, 2.05) is 46.8 Å². The van der Waals surface area contributed by atoms with Crippen LogP contribution in [0.1, 0.15) is 46.3 Å². The summed E-state index contributed by atoms with van der Waals surface area (Å²) in [6.45, 7) is 10.5. The van der Waals surface area contributed by atoms with Crippen LogP contribution in [0.4, 0.5) is 5.69 Å². The largest absolute Gasteiger partial charge is 0.487 e. The standard InChI is InChI=1S/C16H22ClN3O2/c1-10(2)21-14-11(17)7-6-8-12(14)18-9-13-19-15(22-20-13)16(3,4)5/h6-8,10,18H,9H2,1-5H3. The molecule has 0 unspecified atom stereocenters. The molecule has 1 heterocycles. The van der Waals surface area contributed by atoms with Crippen LogP contribution in [0.15, 0.2) is 22.7 Å². The highest BCUT2D eigenvalue weighted by Gasteiger charge is 2.21. The minimum absolute atomic E-state index is 0.0399. The van der Waals surface area contributed by atoms with Gasteiger partial charge in [0.05, 0.1) is 23.4 Å². The molecule has 0 saturated heterocycles. The fourth-order valence-electron chi connectivity index (χ4n) is 1.81. The number of halogens is 1. The highest BCUT2D eigenvalue weighted by molar-refractivity contribution is 6.32. The predicted molar refractivity (Wildman–Crippen MR) is 87.5 cm³/mol. The quantitative estimate of drug-likeness (QED) is 0.882. The molecule has 2 aromatic rings. The highest BCUT2D eigenvalue weighted by Crippen LogP contribution is 2.34. The first-order valence-electron chi connectivity index (χ1n) is 7.29. The second kappa shape index (κ2) is 6.57. The average molecular weight is 324 g/mol. The van der Waals surface area contributed by atoms with Crippen LogP contribution in [0.2, 0.25) is 5.02 Å². The molecule has 5 nitrogen and oxygen atoms in total. The molecule has 0 radical (unpaired) electrons. The van der Waals surface area contributed by atoms with E-state index in [1.165, 1.54) is 0 Å². The lowest BCUT2D eigenvalue weighted by atomic mass is 9.97. The first-order valence-corrected chi connectivity index (χ1v) is 7.67. The highest BCUT2D eigenvalue weighted by atomic mass is 35.5. The van der Waals surface area contributed by atoms with Gasteiger partial charge in [0.1, 0.15) is 0 Å². The number of para-hydroxylation sites is 1. The van der Waals surface area contributed by atoms with E-state index in [-0.39, 0.29) is 11.5 Å².